The number of phenolic OH excluding ortho intramolecular Hbond substituents is 1. The Balaban J connectivity index is 1.57. The van der Waals surface area contributed by atoms with Crippen molar-refractivity contribution in [1.29, 1.82) is 0 Å². The number of aromatic hydroxyl groups is 1. The number of amides is 1. The number of anilines is 3. The predicted molar refractivity (Wildman–Crippen MR) is 137 cm³/mol. The van der Waals surface area contributed by atoms with Crippen LogP contribution in [0.5, 0.6) is 11.5 Å². The Bertz CT molecular complexity index is 1290. The van der Waals surface area contributed by atoms with Crippen LogP contribution in [0.4, 0.5) is 17.1 Å². The predicted octanol–water partition coefficient (Wildman–Crippen LogP) is 4.85. The summed E-state index contributed by atoms with van der Waals surface area (Å²) < 4.78 is 34.0. The van der Waals surface area contributed by atoms with E-state index in [1.807, 2.05) is 0 Å². The maximum absolute atomic E-state index is 13.0. The van der Waals surface area contributed by atoms with Crippen molar-refractivity contribution < 1.29 is 23.1 Å². The summed E-state index contributed by atoms with van der Waals surface area (Å²) in [7, 11) is -3.92. The second kappa shape index (κ2) is 10.9. The van der Waals surface area contributed by atoms with E-state index in [2.05, 4.69) is 14.9 Å². The Morgan fingerprint density at radius 2 is 1.71 bits per heavy atom. The Morgan fingerprint density at radius 3 is 2.43 bits per heavy atom. The standard InChI is InChI=1S/C25H26ClN3O5S/c26-18-8-10-19(11-9-18)28-35(32,33)20-12-13-22(29-14-4-1-5-15-29)21(16-20)27-25(31)17-34-24-7-3-2-6-23(24)30/h2-3,6-13,16,28,30H,1,4-5,14-15,17H2,(H,27,31). The molecule has 3 N–H and O–H groups in total. The minimum Gasteiger partial charge on any atom is -0.504 e. The third kappa shape index (κ3) is 6.37. The zero-order chi connectivity index (χ0) is 24.8. The van der Waals surface area contributed by atoms with Crippen LogP contribution in [0.3, 0.4) is 0 Å². The highest BCUT2D eigenvalue weighted by molar-refractivity contribution is 7.92. The number of nitrogens with one attached hydrogen (secondary N) is 2. The van der Waals surface area contributed by atoms with Crippen LogP contribution in [-0.4, -0.2) is 39.1 Å². The second-order valence-electron chi connectivity index (χ2n) is 8.14. The summed E-state index contributed by atoms with van der Waals surface area (Å²) in [5.74, 6) is -0.371. The molecule has 0 saturated carbocycles. The smallest absolute Gasteiger partial charge is 0.262 e. The number of hydrogen-bond donors (Lipinski definition) is 3. The zero-order valence-electron chi connectivity index (χ0n) is 18.9. The van der Waals surface area contributed by atoms with Crippen LogP contribution >= 0.6 is 11.6 Å². The average Bonchev–Trinajstić information content (AvgIpc) is 2.85. The molecular weight excluding hydrogens is 490 g/mol. The Morgan fingerprint density at radius 1 is 1.00 bits per heavy atom. The van der Waals surface area contributed by atoms with E-state index in [0.29, 0.717) is 16.4 Å². The molecule has 0 aromatic heterocycles. The number of para-hydroxylation sites is 2. The van der Waals surface area contributed by atoms with Gasteiger partial charge >= 0.3 is 0 Å². The van der Waals surface area contributed by atoms with Gasteiger partial charge in [0, 0.05) is 23.8 Å². The Labute approximate surface area is 209 Å². The first-order chi connectivity index (χ1) is 16.8. The fraction of sp³-hybridized carbons (Fsp3) is 0.240. The summed E-state index contributed by atoms with van der Waals surface area (Å²) >= 11 is 5.89. The first-order valence-electron chi connectivity index (χ1n) is 11.2. The molecular formula is C25H26ClN3O5S. The van der Waals surface area contributed by atoms with Gasteiger partial charge in [0.05, 0.1) is 16.3 Å². The SMILES string of the molecule is O=C(COc1ccccc1O)Nc1cc(S(=O)(=O)Nc2ccc(Cl)cc2)ccc1N1CCCCC1. The molecule has 10 heteroatoms. The number of nitrogens with zero attached hydrogens (tertiary/aromatic N) is 1. The van der Waals surface area contributed by atoms with Gasteiger partial charge in [0.2, 0.25) is 0 Å². The fourth-order valence-corrected chi connectivity index (χ4v) is 5.04. The van der Waals surface area contributed by atoms with Crippen molar-refractivity contribution in [2.45, 2.75) is 24.2 Å². The lowest BCUT2D eigenvalue weighted by Crippen LogP contribution is -2.31. The summed E-state index contributed by atoms with van der Waals surface area (Å²) in [5.41, 5.74) is 1.49. The average molecular weight is 516 g/mol. The largest absolute Gasteiger partial charge is 0.504 e. The lowest BCUT2D eigenvalue weighted by Gasteiger charge is -2.30. The van der Waals surface area contributed by atoms with Crippen molar-refractivity contribution in [3.63, 3.8) is 0 Å². The van der Waals surface area contributed by atoms with Gasteiger partial charge in [0.1, 0.15) is 0 Å². The molecule has 1 fully saturated rings. The summed E-state index contributed by atoms with van der Waals surface area (Å²) in [4.78, 5) is 14.8. The number of carbonyl (C=O) groups is 1. The third-order valence-electron chi connectivity index (χ3n) is 5.57. The summed E-state index contributed by atoms with van der Waals surface area (Å²) in [5, 5.41) is 13.1. The first-order valence-corrected chi connectivity index (χ1v) is 13.1. The van der Waals surface area contributed by atoms with Crippen LogP contribution in [0.2, 0.25) is 5.02 Å². The molecule has 1 amide bonds. The highest BCUT2D eigenvalue weighted by atomic mass is 35.5. The van der Waals surface area contributed by atoms with Crippen LogP contribution in [0.25, 0.3) is 0 Å². The maximum Gasteiger partial charge on any atom is 0.262 e. The van der Waals surface area contributed by atoms with E-state index in [1.54, 1.807) is 48.5 Å². The minimum atomic E-state index is -3.92. The topological polar surface area (TPSA) is 108 Å². The number of halogens is 1. The quantitative estimate of drug-likeness (QED) is 0.395. The lowest BCUT2D eigenvalue weighted by atomic mass is 10.1. The van der Waals surface area contributed by atoms with Crippen LogP contribution in [-0.2, 0) is 14.8 Å². The molecule has 0 atom stereocenters. The van der Waals surface area contributed by atoms with Gasteiger partial charge in [0.25, 0.3) is 15.9 Å². The van der Waals surface area contributed by atoms with Gasteiger partial charge in [-0.2, -0.15) is 0 Å². The van der Waals surface area contributed by atoms with Crippen molar-refractivity contribution in [2.75, 3.05) is 34.6 Å². The van der Waals surface area contributed by atoms with Crippen molar-refractivity contribution in [2.24, 2.45) is 0 Å². The van der Waals surface area contributed by atoms with E-state index < -0.39 is 15.9 Å². The van der Waals surface area contributed by atoms with Crippen LogP contribution in [0, 0.1) is 0 Å². The molecule has 0 bridgehead atoms. The number of phenols is 1. The van der Waals surface area contributed by atoms with Gasteiger partial charge in [-0.15, -0.1) is 0 Å². The molecule has 0 aliphatic carbocycles. The molecule has 0 unspecified atom stereocenters. The van der Waals surface area contributed by atoms with Gasteiger partial charge in [-0.3, -0.25) is 9.52 Å². The molecule has 1 aliphatic rings. The molecule has 8 nitrogen and oxygen atoms in total. The number of carbonyl (C=O) groups excluding carboxylic acids is 1. The lowest BCUT2D eigenvalue weighted by molar-refractivity contribution is -0.118. The van der Waals surface area contributed by atoms with Crippen LogP contribution in [0.15, 0.2) is 71.6 Å². The van der Waals surface area contributed by atoms with Crippen LogP contribution in [0.1, 0.15) is 19.3 Å². The van der Waals surface area contributed by atoms with E-state index >= 15 is 0 Å². The number of hydrogen-bond acceptors (Lipinski definition) is 6. The number of piperidine rings is 1. The van der Waals surface area contributed by atoms with Crippen molar-refractivity contribution in [3.05, 3.63) is 71.8 Å². The number of rotatable bonds is 8. The van der Waals surface area contributed by atoms with E-state index in [9.17, 15) is 18.3 Å². The van der Waals surface area contributed by atoms with Crippen molar-refractivity contribution in [3.8, 4) is 11.5 Å². The fourth-order valence-electron chi connectivity index (χ4n) is 3.83. The Hall–Kier alpha value is -3.43. The molecule has 3 aromatic carbocycles. The van der Waals surface area contributed by atoms with Gasteiger partial charge < -0.3 is 20.1 Å². The number of benzene rings is 3. The molecule has 184 valence electrons. The molecule has 0 spiro atoms. The van der Waals surface area contributed by atoms with E-state index in [4.69, 9.17) is 16.3 Å². The third-order valence-corrected chi connectivity index (χ3v) is 7.20. The first kappa shape index (κ1) is 24.7. The minimum absolute atomic E-state index is 0.00475. The molecule has 35 heavy (non-hydrogen) atoms. The summed E-state index contributed by atoms with van der Waals surface area (Å²) in [6.45, 7) is 1.27. The second-order valence-corrected chi connectivity index (χ2v) is 10.3. The Kier molecular flexibility index (Phi) is 7.67. The van der Waals surface area contributed by atoms with Crippen molar-refractivity contribution in [1.82, 2.24) is 0 Å². The highest BCUT2D eigenvalue weighted by Gasteiger charge is 2.21. The van der Waals surface area contributed by atoms with E-state index in [0.717, 1.165) is 38.0 Å². The zero-order valence-corrected chi connectivity index (χ0v) is 20.5. The summed E-state index contributed by atoms with van der Waals surface area (Å²) in [6.07, 6.45) is 3.16. The van der Waals surface area contributed by atoms with E-state index in [1.165, 1.54) is 18.2 Å². The van der Waals surface area contributed by atoms with E-state index in [-0.39, 0.29) is 23.0 Å². The van der Waals surface area contributed by atoms with Gasteiger partial charge in [0.15, 0.2) is 18.1 Å². The molecule has 1 aliphatic heterocycles. The number of ether oxygens (including phenoxy) is 1. The van der Waals surface area contributed by atoms with Gasteiger partial charge in [-0.25, -0.2) is 8.42 Å². The van der Waals surface area contributed by atoms with Crippen LogP contribution < -0.4 is 19.7 Å². The normalized spacial score (nSPS) is 13.8. The number of sulfonamides is 1. The molecule has 3 aromatic rings. The summed E-state index contributed by atoms with van der Waals surface area (Å²) in [6, 6.07) is 17.4. The molecule has 1 saturated heterocycles. The van der Waals surface area contributed by atoms with Gasteiger partial charge in [-0.1, -0.05) is 23.7 Å². The molecule has 4 rings (SSSR count). The monoisotopic (exact) mass is 515 g/mol. The maximum atomic E-state index is 13.0. The highest BCUT2D eigenvalue weighted by Crippen LogP contribution is 2.32. The molecule has 1 heterocycles. The van der Waals surface area contributed by atoms with Gasteiger partial charge in [-0.05, 0) is 73.9 Å². The van der Waals surface area contributed by atoms with Crippen molar-refractivity contribution >= 4 is 44.6 Å². The molecule has 0 radical (unpaired) electrons.